The molecule has 0 bridgehead atoms. The van der Waals surface area contributed by atoms with E-state index in [1.165, 1.54) is 19.4 Å². The van der Waals surface area contributed by atoms with Crippen molar-refractivity contribution in [2.24, 2.45) is 0 Å². The van der Waals surface area contributed by atoms with Crippen molar-refractivity contribution in [3.05, 3.63) is 36.1 Å². The molecule has 1 amide bonds. The SMILES string of the molecule is C=C1NC(=O)C=CN1[C@@H]1O[C@H](/C(C)=C/P(=O)(O)O)[C@H](OC(C)C)C1OC. The minimum atomic E-state index is -4.38. The first kappa shape index (κ1) is 20.8. The summed E-state index contributed by atoms with van der Waals surface area (Å²) in [4.78, 5) is 31.5. The number of amides is 1. The van der Waals surface area contributed by atoms with Crippen LogP contribution in [0, 0.1) is 0 Å². The molecule has 3 N–H and O–H groups in total. The van der Waals surface area contributed by atoms with Crippen LogP contribution in [0.5, 0.6) is 0 Å². The van der Waals surface area contributed by atoms with E-state index in [4.69, 9.17) is 14.2 Å². The molecule has 0 radical (unpaired) electrons. The summed E-state index contributed by atoms with van der Waals surface area (Å²) < 4.78 is 28.9. The van der Waals surface area contributed by atoms with Crippen molar-refractivity contribution in [2.75, 3.05) is 7.11 Å². The molecule has 2 aliphatic heterocycles. The van der Waals surface area contributed by atoms with Gasteiger partial charge in [0.1, 0.15) is 24.1 Å². The predicted molar refractivity (Wildman–Crippen MR) is 93.5 cm³/mol. The minimum Gasteiger partial charge on any atom is -0.374 e. The summed E-state index contributed by atoms with van der Waals surface area (Å²) in [5.74, 6) is 0.874. The van der Waals surface area contributed by atoms with Gasteiger partial charge in [0, 0.05) is 25.2 Å². The van der Waals surface area contributed by atoms with Crippen LogP contribution >= 0.6 is 7.60 Å². The molecule has 146 valence electrons. The van der Waals surface area contributed by atoms with Crippen molar-refractivity contribution < 1.29 is 33.4 Å². The van der Waals surface area contributed by atoms with E-state index in [1.807, 2.05) is 13.8 Å². The van der Waals surface area contributed by atoms with Crippen LogP contribution in [0.3, 0.4) is 0 Å². The molecular formula is C16H25N2O7P. The van der Waals surface area contributed by atoms with Crippen LogP contribution in [0.2, 0.25) is 0 Å². The fraction of sp³-hybridized carbons (Fsp3) is 0.562. The Morgan fingerprint density at radius 3 is 2.62 bits per heavy atom. The Hall–Kier alpha value is -1.48. The lowest BCUT2D eigenvalue weighted by molar-refractivity contribution is -0.118. The van der Waals surface area contributed by atoms with E-state index in [2.05, 4.69) is 11.9 Å². The third-order valence-electron chi connectivity index (χ3n) is 3.95. The van der Waals surface area contributed by atoms with Gasteiger partial charge in [0.15, 0.2) is 6.23 Å². The number of nitrogens with one attached hydrogen (secondary N) is 1. The van der Waals surface area contributed by atoms with Gasteiger partial charge in [-0.25, -0.2) is 0 Å². The first-order valence-corrected chi connectivity index (χ1v) is 9.76. The van der Waals surface area contributed by atoms with Gasteiger partial charge in [0.2, 0.25) is 0 Å². The number of carbonyl (C=O) groups excluding carboxylic acids is 1. The Balaban J connectivity index is 2.38. The number of hydrogen-bond acceptors (Lipinski definition) is 6. The zero-order chi connectivity index (χ0) is 19.6. The molecule has 10 heteroatoms. The minimum absolute atomic E-state index is 0.162. The van der Waals surface area contributed by atoms with E-state index in [-0.39, 0.29) is 12.0 Å². The first-order chi connectivity index (χ1) is 12.0. The van der Waals surface area contributed by atoms with Crippen molar-refractivity contribution in [3.8, 4) is 0 Å². The summed E-state index contributed by atoms with van der Waals surface area (Å²) in [5.41, 5.74) is 0.337. The van der Waals surface area contributed by atoms with Crippen LogP contribution in [0.1, 0.15) is 20.8 Å². The average molecular weight is 388 g/mol. The van der Waals surface area contributed by atoms with E-state index in [1.54, 1.807) is 11.8 Å². The summed E-state index contributed by atoms with van der Waals surface area (Å²) in [7, 11) is -2.88. The Labute approximate surface area is 152 Å². The number of ether oxygens (including phenoxy) is 3. The molecule has 9 nitrogen and oxygen atoms in total. The molecule has 0 aliphatic carbocycles. The molecule has 26 heavy (non-hydrogen) atoms. The normalized spacial score (nSPS) is 30.3. The van der Waals surface area contributed by atoms with E-state index in [0.29, 0.717) is 11.4 Å². The van der Waals surface area contributed by atoms with E-state index < -0.39 is 32.1 Å². The summed E-state index contributed by atoms with van der Waals surface area (Å²) in [6.45, 7) is 9.06. The summed E-state index contributed by atoms with van der Waals surface area (Å²) in [6.07, 6.45) is 0.0661. The standard InChI is InChI=1S/C16H25N2O7P/c1-9(2)24-14-13(10(3)8-26(20,21)22)25-16(15(14)23-5)18-7-6-12(19)17-11(18)4/h6-9,13-16H,4H2,1-3,5H3,(H,17,19)(H2,20,21,22)/b10-8+/t13-,14+,15?,16-/m1/s1. The van der Waals surface area contributed by atoms with Gasteiger partial charge in [-0.3, -0.25) is 9.36 Å². The second-order valence-electron chi connectivity index (χ2n) is 6.42. The molecule has 1 fully saturated rings. The van der Waals surface area contributed by atoms with Crippen LogP contribution in [-0.4, -0.2) is 58.3 Å². The van der Waals surface area contributed by atoms with Gasteiger partial charge in [-0.05, 0) is 26.3 Å². The highest BCUT2D eigenvalue weighted by Crippen LogP contribution is 2.41. The molecule has 0 spiro atoms. The largest absolute Gasteiger partial charge is 0.374 e. The summed E-state index contributed by atoms with van der Waals surface area (Å²) >= 11 is 0. The molecule has 1 saturated heterocycles. The molecule has 0 aromatic rings. The van der Waals surface area contributed by atoms with Crippen LogP contribution in [0.15, 0.2) is 36.1 Å². The fourth-order valence-electron chi connectivity index (χ4n) is 3.01. The summed E-state index contributed by atoms with van der Waals surface area (Å²) in [5, 5.41) is 2.58. The van der Waals surface area contributed by atoms with Gasteiger partial charge in [-0.1, -0.05) is 6.58 Å². The van der Waals surface area contributed by atoms with Crippen LogP contribution < -0.4 is 5.32 Å². The van der Waals surface area contributed by atoms with Gasteiger partial charge in [-0.15, -0.1) is 0 Å². The molecule has 4 atom stereocenters. The Kier molecular flexibility index (Phi) is 6.44. The number of rotatable bonds is 6. The van der Waals surface area contributed by atoms with Crippen molar-refractivity contribution in [1.29, 1.82) is 0 Å². The third-order valence-corrected chi connectivity index (χ3v) is 4.69. The molecule has 0 aromatic carbocycles. The van der Waals surface area contributed by atoms with Crippen LogP contribution in [0.4, 0.5) is 0 Å². The highest BCUT2D eigenvalue weighted by molar-refractivity contribution is 7.55. The Morgan fingerprint density at radius 1 is 1.46 bits per heavy atom. The van der Waals surface area contributed by atoms with Gasteiger partial charge >= 0.3 is 7.60 Å². The lowest BCUT2D eigenvalue weighted by Crippen LogP contribution is -2.47. The Morgan fingerprint density at radius 2 is 2.12 bits per heavy atom. The van der Waals surface area contributed by atoms with Gasteiger partial charge in [-0.2, -0.15) is 0 Å². The van der Waals surface area contributed by atoms with E-state index in [0.717, 1.165) is 5.82 Å². The second-order valence-corrected chi connectivity index (χ2v) is 7.85. The van der Waals surface area contributed by atoms with Gasteiger partial charge < -0.3 is 34.2 Å². The quantitative estimate of drug-likeness (QED) is 0.578. The highest BCUT2D eigenvalue weighted by Gasteiger charge is 2.50. The predicted octanol–water partition coefficient (Wildman–Crippen LogP) is 1.02. The summed E-state index contributed by atoms with van der Waals surface area (Å²) in [6, 6.07) is 0. The van der Waals surface area contributed by atoms with E-state index >= 15 is 0 Å². The second kappa shape index (κ2) is 8.04. The van der Waals surface area contributed by atoms with Crippen molar-refractivity contribution in [2.45, 2.75) is 51.4 Å². The third kappa shape index (κ3) is 4.82. The number of nitrogens with zero attached hydrogens (tertiary/aromatic N) is 1. The van der Waals surface area contributed by atoms with Crippen molar-refractivity contribution in [3.63, 3.8) is 0 Å². The lowest BCUT2D eigenvalue weighted by atomic mass is 10.0. The average Bonchev–Trinajstić information content (AvgIpc) is 2.83. The van der Waals surface area contributed by atoms with Crippen LogP contribution in [0.25, 0.3) is 0 Å². The molecule has 2 heterocycles. The maximum atomic E-state index is 11.4. The van der Waals surface area contributed by atoms with Crippen molar-refractivity contribution in [1.82, 2.24) is 10.2 Å². The molecule has 0 saturated carbocycles. The molecule has 0 aromatic heterocycles. The zero-order valence-electron chi connectivity index (χ0n) is 15.2. The van der Waals surface area contributed by atoms with Gasteiger partial charge in [0.25, 0.3) is 5.91 Å². The van der Waals surface area contributed by atoms with Gasteiger partial charge in [0.05, 0.1) is 6.10 Å². The zero-order valence-corrected chi connectivity index (χ0v) is 16.1. The van der Waals surface area contributed by atoms with Crippen molar-refractivity contribution >= 4 is 13.5 Å². The monoisotopic (exact) mass is 388 g/mol. The first-order valence-electron chi connectivity index (χ1n) is 8.08. The smallest absolute Gasteiger partial charge is 0.349 e. The van der Waals surface area contributed by atoms with Crippen LogP contribution in [-0.2, 0) is 23.6 Å². The maximum absolute atomic E-state index is 11.4. The lowest BCUT2D eigenvalue weighted by Gasteiger charge is -2.34. The van der Waals surface area contributed by atoms with E-state index in [9.17, 15) is 19.1 Å². The fourth-order valence-corrected chi connectivity index (χ4v) is 3.68. The maximum Gasteiger partial charge on any atom is 0.349 e. The molecular weight excluding hydrogens is 363 g/mol. The molecule has 2 rings (SSSR count). The highest BCUT2D eigenvalue weighted by atomic mass is 31.2. The number of methoxy groups -OCH3 is 1. The molecule has 1 unspecified atom stereocenters. The number of hydrogen-bond donors (Lipinski definition) is 3. The topological polar surface area (TPSA) is 118 Å². The number of carbonyl (C=O) groups is 1. The molecule has 2 aliphatic rings. The Bertz CT molecular complexity index is 670.